The lowest BCUT2D eigenvalue weighted by Crippen LogP contribution is -2.34. The zero-order chi connectivity index (χ0) is 44.8. The van der Waals surface area contributed by atoms with E-state index in [-0.39, 0.29) is 16.2 Å². The molecule has 0 spiro atoms. The Morgan fingerprint density at radius 2 is 1.03 bits per heavy atom. The molecule has 320 valence electrons. The molecule has 0 fully saturated rings. The van der Waals surface area contributed by atoms with Crippen molar-refractivity contribution >= 4 is 34.0 Å². The van der Waals surface area contributed by atoms with Gasteiger partial charge < -0.3 is 4.90 Å². The van der Waals surface area contributed by atoms with Gasteiger partial charge in [0.2, 0.25) is 0 Å². The maximum Gasteiger partial charge on any atom is 0.0862 e. The Labute approximate surface area is 381 Å². The Morgan fingerprint density at radius 1 is 0.438 bits per heavy atom. The molecule has 0 radical (unpaired) electrons. The van der Waals surface area contributed by atoms with Gasteiger partial charge in [-0.15, -0.1) is 0 Å². The van der Waals surface area contributed by atoms with Gasteiger partial charge in [0.1, 0.15) is 0 Å². The summed E-state index contributed by atoms with van der Waals surface area (Å²) in [6, 6.07) is 44.3. The number of hydrogen-bond acceptors (Lipinski definition) is 3. The van der Waals surface area contributed by atoms with Crippen molar-refractivity contribution in [1.29, 1.82) is 0 Å². The molecule has 0 aromatic heterocycles. The third-order valence-electron chi connectivity index (χ3n) is 16.0. The van der Waals surface area contributed by atoms with E-state index < -0.39 is 0 Å². The van der Waals surface area contributed by atoms with Crippen molar-refractivity contribution in [2.75, 3.05) is 10.3 Å². The highest BCUT2D eigenvalue weighted by molar-refractivity contribution is 6.13. The first kappa shape index (κ1) is 40.5. The van der Waals surface area contributed by atoms with Crippen LogP contribution in [0, 0.1) is 34.6 Å². The van der Waals surface area contributed by atoms with Crippen molar-refractivity contribution in [3.63, 3.8) is 0 Å². The third-order valence-corrected chi connectivity index (χ3v) is 16.0. The van der Waals surface area contributed by atoms with E-state index in [0.717, 1.165) is 23.5 Å². The number of allylic oxidation sites excluding steroid dienone is 1. The van der Waals surface area contributed by atoms with Gasteiger partial charge in [0.05, 0.1) is 22.8 Å². The van der Waals surface area contributed by atoms with Gasteiger partial charge in [0.25, 0.3) is 0 Å². The molecule has 0 unspecified atom stereocenters. The van der Waals surface area contributed by atoms with Crippen molar-refractivity contribution in [1.82, 2.24) is 5.43 Å². The van der Waals surface area contributed by atoms with Crippen LogP contribution in [0.15, 0.2) is 115 Å². The quantitative estimate of drug-likeness (QED) is 0.186. The molecule has 2 aliphatic heterocycles. The van der Waals surface area contributed by atoms with Crippen LogP contribution in [-0.4, -0.2) is 0 Å². The molecule has 7 aromatic rings. The van der Waals surface area contributed by atoms with Crippen molar-refractivity contribution < 1.29 is 0 Å². The summed E-state index contributed by atoms with van der Waals surface area (Å²) < 4.78 is 0. The Balaban J connectivity index is 1.36. The predicted molar refractivity (Wildman–Crippen MR) is 273 cm³/mol. The lowest BCUT2D eigenvalue weighted by molar-refractivity contribution is 0.332. The number of anilines is 4. The zero-order valence-corrected chi connectivity index (χ0v) is 39.8. The smallest absolute Gasteiger partial charge is 0.0862 e. The molecule has 6 bridgehead atoms. The molecule has 0 saturated carbocycles. The molecule has 3 nitrogen and oxygen atoms in total. The molecule has 2 aliphatic carbocycles. The average molecular weight is 836 g/mol. The van der Waals surface area contributed by atoms with Crippen molar-refractivity contribution in [3.05, 3.63) is 176 Å². The highest BCUT2D eigenvalue weighted by atomic mass is 15.4. The molecule has 0 amide bonds. The molecule has 7 aromatic carbocycles. The predicted octanol–water partition coefficient (Wildman–Crippen LogP) is 16.5. The minimum Gasteiger partial charge on any atom is -0.307 e. The number of nitrogens with one attached hydrogen (secondary N) is 2. The lowest BCUT2D eigenvalue weighted by atomic mass is 9.63. The Hall–Kier alpha value is -6.32. The fraction of sp³-hybridized carbons (Fsp3) is 0.279. The highest BCUT2D eigenvalue weighted by Gasteiger charge is 2.44. The Morgan fingerprint density at radius 3 is 1.75 bits per heavy atom. The number of nitrogens with zero attached hydrogens (tertiary/aromatic N) is 1. The van der Waals surface area contributed by atoms with Crippen LogP contribution in [-0.2, 0) is 16.2 Å². The third kappa shape index (κ3) is 5.58. The lowest BCUT2D eigenvalue weighted by Gasteiger charge is -2.44. The van der Waals surface area contributed by atoms with E-state index in [9.17, 15) is 0 Å². The molecular formula is C61H61N3. The molecule has 64 heavy (non-hydrogen) atoms. The van der Waals surface area contributed by atoms with Crippen molar-refractivity contribution in [3.8, 4) is 44.5 Å². The number of benzene rings is 7. The van der Waals surface area contributed by atoms with Gasteiger partial charge in [-0.3, -0.25) is 10.9 Å². The molecule has 3 heteroatoms. The average Bonchev–Trinajstić information content (AvgIpc) is 3.49. The minimum atomic E-state index is -0.260. The molecule has 4 aliphatic rings. The van der Waals surface area contributed by atoms with Gasteiger partial charge >= 0.3 is 0 Å². The number of aryl methyl sites for hydroxylation is 4. The van der Waals surface area contributed by atoms with Crippen LogP contribution in [0.5, 0.6) is 0 Å². The molecule has 2 N–H and O–H groups in total. The van der Waals surface area contributed by atoms with Gasteiger partial charge in [-0.1, -0.05) is 145 Å². The van der Waals surface area contributed by atoms with Crippen LogP contribution >= 0.6 is 0 Å². The highest BCUT2D eigenvalue weighted by Crippen LogP contribution is 2.63. The fourth-order valence-electron chi connectivity index (χ4n) is 12.4. The molecule has 0 atom stereocenters. The van der Waals surface area contributed by atoms with E-state index in [4.69, 9.17) is 0 Å². The summed E-state index contributed by atoms with van der Waals surface area (Å²) >= 11 is 0. The second-order valence-corrected chi connectivity index (χ2v) is 21.2. The van der Waals surface area contributed by atoms with E-state index >= 15 is 0 Å². The van der Waals surface area contributed by atoms with Gasteiger partial charge in [0, 0.05) is 27.8 Å². The summed E-state index contributed by atoms with van der Waals surface area (Å²) in [5, 5.41) is 0. The van der Waals surface area contributed by atoms with Gasteiger partial charge in [-0.25, -0.2) is 0 Å². The van der Waals surface area contributed by atoms with Crippen molar-refractivity contribution in [2.24, 2.45) is 0 Å². The zero-order valence-electron chi connectivity index (χ0n) is 39.8. The second kappa shape index (κ2) is 13.8. The monoisotopic (exact) mass is 835 g/mol. The van der Waals surface area contributed by atoms with Gasteiger partial charge in [-0.05, 0) is 172 Å². The van der Waals surface area contributed by atoms with E-state index in [2.05, 4.69) is 214 Å². The van der Waals surface area contributed by atoms with E-state index in [1.807, 2.05) is 0 Å². The summed E-state index contributed by atoms with van der Waals surface area (Å²) in [6.07, 6.45) is 2.33. The molecule has 11 rings (SSSR count). The van der Waals surface area contributed by atoms with Crippen molar-refractivity contribution in [2.45, 2.75) is 112 Å². The number of fused-ring (bicyclic) bond motifs is 5. The Bertz CT molecular complexity index is 3180. The van der Waals surface area contributed by atoms with Crippen LogP contribution in [0.4, 0.5) is 22.7 Å². The largest absolute Gasteiger partial charge is 0.307 e. The van der Waals surface area contributed by atoms with Crippen LogP contribution in [0.2, 0.25) is 0 Å². The minimum absolute atomic E-state index is 0.0234. The van der Waals surface area contributed by atoms with E-state index in [1.165, 1.54) is 129 Å². The summed E-state index contributed by atoms with van der Waals surface area (Å²) in [6.45, 7) is 28.5. The Kier molecular flexibility index (Phi) is 8.75. The number of hydrazine groups is 1. The first-order chi connectivity index (χ1) is 30.5. The first-order valence-corrected chi connectivity index (χ1v) is 23.4. The van der Waals surface area contributed by atoms with E-state index in [0.29, 0.717) is 0 Å². The number of hydrogen-bond donors (Lipinski definition) is 2. The van der Waals surface area contributed by atoms with Crippen LogP contribution < -0.4 is 15.8 Å². The van der Waals surface area contributed by atoms with Gasteiger partial charge in [0.15, 0.2) is 0 Å². The van der Waals surface area contributed by atoms with E-state index in [1.54, 1.807) is 0 Å². The number of rotatable bonds is 3. The molecule has 0 saturated heterocycles. The fourth-order valence-corrected chi connectivity index (χ4v) is 12.4. The standard InChI is InChI=1S/C61H61N3/c1-34-19-13-14-22-40(34)41-27-28-45-53-42-24-18-25-44(53)54-55-46(43-23-15-16-26-47(43)61(55,11)12)32-51(57(54)63-62-56(38(42)5)52-35(2)20-17-21-36(52)3)64(58(45)39(41)6)50-33-49-48(31-37(50)4)59(7,8)29-30-60(49,9)10/h13-28,31-33,62-63H,29-30H2,1-12H3/b56-38-. The summed E-state index contributed by atoms with van der Waals surface area (Å²) in [5.74, 6) is 0. The first-order valence-electron chi connectivity index (χ1n) is 23.4. The molecule has 2 heterocycles. The normalized spacial score (nSPS) is 18.0. The maximum atomic E-state index is 4.09. The second-order valence-electron chi connectivity index (χ2n) is 21.2. The summed E-state index contributed by atoms with van der Waals surface area (Å²) in [4.78, 5) is 2.68. The summed E-state index contributed by atoms with van der Waals surface area (Å²) in [5.41, 5.74) is 39.6. The SMILES string of the molecule is C/C1=C(\c2c(C)cccc2C)NNc2c3cc4c(c2-c2cccc1c2-c1ccc(-c2ccccc2C)c(C)c1N3c1cc2c(cc1C)C(C)(C)CCC2(C)C)C(C)(C)c1ccccc1-4. The molecular weight excluding hydrogens is 775 g/mol. The van der Waals surface area contributed by atoms with Crippen LogP contribution in [0.25, 0.3) is 55.8 Å². The van der Waals surface area contributed by atoms with Gasteiger partial charge in [-0.2, -0.15) is 0 Å². The van der Waals surface area contributed by atoms with Crippen LogP contribution in [0.3, 0.4) is 0 Å². The summed E-state index contributed by atoms with van der Waals surface area (Å²) in [7, 11) is 0. The topological polar surface area (TPSA) is 27.3 Å². The maximum absolute atomic E-state index is 4.09. The van der Waals surface area contributed by atoms with Crippen LogP contribution in [0.1, 0.15) is 123 Å².